The first-order chi connectivity index (χ1) is 8.65. The Kier molecular flexibility index (Phi) is 6.22. The Hall–Kier alpha value is -1.55. The molecule has 0 radical (unpaired) electrons. The van der Waals surface area contributed by atoms with Crippen molar-refractivity contribution in [1.82, 2.24) is 5.32 Å². The van der Waals surface area contributed by atoms with Gasteiger partial charge in [0, 0.05) is 25.4 Å². The van der Waals surface area contributed by atoms with Gasteiger partial charge in [0.25, 0.3) is 0 Å². The molecule has 4 heteroatoms. The molecule has 0 saturated heterocycles. The summed E-state index contributed by atoms with van der Waals surface area (Å²) in [6, 6.07) is 7.44. The van der Waals surface area contributed by atoms with Gasteiger partial charge < -0.3 is 15.8 Å². The summed E-state index contributed by atoms with van der Waals surface area (Å²) in [7, 11) is 0. The zero-order chi connectivity index (χ0) is 13.4. The minimum absolute atomic E-state index is 0.0251. The Morgan fingerprint density at radius 3 is 2.94 bits per heavy atom. The average Bonchev–Trinajstić information content (AvgIpc) is 2.37. The van der Waals surface area contributed by atoms with E-state index in [0.717, 1.165) is 12.0 Å². The van der Waals surface area contributed by atoms with Gasteiger partial charge >= 0.3 is 0 Å². The maximum absolute atomic E-state index is 11.9. The Bertz CT molecular complexity index is 380. The van der Waals surface area contributed by atoms with Gasteiger partial charge in [-0.25, -0.2) is 0 Å². The highest BCUT2D eigenvalue weighted by molar-refractivity contribution is 5.83. The quantitative estimate of drug-likeness (QED) is 0.574. The van der Waals surface area contributed by atoms with Crippen LogP contribution in [-0.4, -0.2) is 25.7 Å². The van der Waals surface area contributed by atoms with Crippen molar-refractivity contribution in [2.75, 3.05) is 25.5 Å². The lowest BCUT2D eigenvalue weighted by atomic mass is 10.00. The smallest absolute Gasteiger partial charge is 0.227 e. The standard InChI is InChI=1S/C14H22N2O2/c1-3-18-9-5-8-16-14(17)11(2)12-6-4-7-13(15)10-12/h4,6-7,10-11H,3,5,8-9,15H2,1-2H3,(H,16,17). The SMILES string of the molecule is CCOCCCNC(=O)C(C)c1cccc(N)c1. The third kappa shape index (κ3) is 4.75. The van der Waals surface area contributed by atoms with Crippen LogP contribution in [0.4, 0.5) is 5.69 Å². The molecule has 3 N–H and O–H groups in total. The number of nitrogen functional groups attached to an aromatic ring is 1. The second-order valence-electron chi connectivity index (χ2n) is 4.23. The van der Waals surface area contributed by atoms with Crippen molar-refractivity contribution in [3.05, 3.63) is 29.8 Å². The summed E-state index contributed by atoms with van der Waals surface area (Å²) in [4.78, 5) is 11.9. The Morgan fingerprint density at radius 2 is 2.28 bits per heavy atom. The van der Waals surface area contributed by atoms with E-state index < -0.39 is 0 Å². The molecule has 1 rings (SSSR count). The van der Waals surface area contributed by atoms with Crippen LogP contribution in [0, 0.1) is 0 Å². The van der Waals surface area contributed by atoms with Crippen LogP contribution in [0.15, 0.2) is 24.3 Å². The van der Waals surface area contributed by atoms with Gasteiger partial charge in [-0.05, 0) is 38.0 Å². The molecule has 0 aliphatic heterocycles. The molecule has 0 fully saturated rings. The number of amides is 1. The van der Waals surface area contributed by atoms with Crippen LogP contribution in [0.2, 0.25) is 0 Å². The first kappa shape index (κ1) is 14.5. The van der Waals surface area contributed by atoms with Crippen LogP contribution in [0.1, 0.15) is 31.7 Å². The topological polar surface area (TPSA) is 64.3 Å². The van der Waals surface area contributed by atoms with E-state index in [9.17, 15) is 4.79 Å². The number of rotatable bonds is 7. The van der Waals surface area contributed by atoms with Crippen LogP contribution in [0.25, 0.3) is 0 Å². The molecule has 0 aliphatic rings. The third-order valence-corrected chi connectivity index (χ3v) is 2.77. The first-order valence-corrected chi connectivity index (χ1v) is 6.36. The Balaban J connectivity index is 2.37. The maximum Gasteiger partial charge on any atom is 0.227 e. The molecule has 100 valence electrons. The summed E-state index contributed by atoms with van der Waals surface area (Å²) >= 11 is 0. The molecule has 1 amide bonds. The molecule has 1 aromatic carbocycles. The average molecular weight is 250 g/mol. The molecule has 1 unspecified atom stereocenters. The van der Waals surface area contributed by atoms with Gasteiger partial charge in [0.1, 0.15) is 0 Å². The second kappa shape index (κ2) is 7.71. The number of nitrogens with one attached hydrogen (secondary N) is 1. The lowest BCUT2D eigenvalue weighted by molar-refractivity contribution is -0.122. The first-order valence-electron chi connectivity index (χ1n) is 6.36. The summed E-state index contributed by atoms with van der Waals surface area (Å²) in [5.41, 5.74) is 7.33. The summed E-state index contributed by atoms with van der Waals surface area (Å²) < 4.78 is 5.21. The summed E-state index contributed by atoms with van der Waals surface area (Å²) in [6.45, 7) is 5.88. The molecule has 0 aromatic heterocycles. The molecule has 1 atom stereocenters. The molecule has 0 aliphatic carbocycles. The zero-order valence-corrected chi connectivity index (χ0v) is 11.1. The number of carbonyl (C=O) groups excluding carboxylic acids is 1. The predicted molar refractivity (Wildman–Crippen MR) is 73.4 cm³/mol. The van der Waals surface area contributed by atoms with E-state index in [1.54, 1.807) is 0 Å². The molecule has 4 nitrogen and oxygen atoms in total. The number of ether oxygens (including phenoxy) is 1. The van der Waals surface area contributed by atoms with Gasteiger partial charge in [0.15, 0.2) is 0 Å². The van der Waals surface area contributed by atoms with Crippen molar-refractivity contribution in [3.63, 3.8) is 0 Å². The van der Waals surface area contributed by atoms with E-state index in [2.05, 4.69) is 5.32 Å². The number of carbonyl (C=O) groups is 1. The number of hydrogen-bond donors (Lipinski definition) is 2. The van der Waals surface area contributed by atoms with Crippen LogP contribution >= 0.6 is 0 Å². The monoisotopic (exact) mass is 250 g/mol. The predicted octanol–water partition coefficient (Wildman–Crippen LogP) is 1.92. The van der Waals surface area contributed by atoms with Crippen LogP contribution in [0.3, 0.4) is 0 Å². The summed E-state index contributed by atoms with van der Waals surface area (Å²) in [6.07, 6.45) is 0.837. The fourth-order valence-corrected chi connectivity index (χ4v) is 1.66. The fraction of sp³-hybridized carbons (Fsp3) is 0.500. The largest absolute Gasteiger partial charge is 0.399 e. The molecule has 0 spiro atoms. The highest BCUT2D eigenvalue weighted by Crippen LogP contribution is 2.17. The molecule has 0 bridgehead atoms. The number of nitrogens with two attached hydrogens (primary N) is 1. The number of benzene rings is 1. The lowest BCUT2D eigenvalue weighted by Crippen LogP contribution is -2.29. The van der Waals surface area contributed by atoms with E-state index >= 15 is 0 Å². The van der Waals surface area contributed by atoms with Crippen molar-refractivity contribution >= 4 is 11.6 Å². The van der Waals surface area contributed by atoms with E-state index in [4.69, 9.17) is 10.5 Å². The normalized spacial score (nSPS) is 12.1. The molecule has 0 saturated carbocycles. The third-order valence-electron chi connectivity index (χ3n) is 2.77. The van der Waals surface area contributed by atoms with E-state index in [1.165, 1.54) is 0 Å². The van der Waals surface area contributed by atoms with Gasteiger partial charge in [-0.15, -0.1) is 0 Å². The van der Waals surface area contributed by atoms with Gasteiger partial charge in [-0.1, -0.05) is 12.1 Å². The Morgan fingerprint density at radius 1 is 1.50 bits per heavy atom. The van der Waals surface area contributed by atoms with Crippen molar-refractivity contribution in [3.8, 4) is 0 Å². The van der Waals surface area contributed by atoms with E-state index in [-0.39, 0.29) is 11.8 Å². The number of hydrogen-bond acceptors (Lipinski definition) is 3. The van der Waals surface area contributed by atoms with Gasteiger partial charge in [-0.2, -0.15) is 0 Å². The van der Waals surface area contributed by atoms with Crippen LogP contribution in [-0.2, 0) is 9.53 Å². The molecule has 18 heavy (non-hydrogen) atoms. The molecular weight excluding hydrogens is 228 g/mol. The lowest BCUT2D eigenvalue weighted by Gasteiger charge is -2.13. The molecule has 0 heterocycles. The number of anilines is 1. The molecular formula is C14H22N2O2. The van der Waals surface area contributed by atoms with Gasteiger partial charge in [0.05, 0.1) is 5.92 Å². The highest BCUT2D eigenvalue weighted by Gasteiger charge is 2.14. The van der Waals surface area contributed by atoms with Crippen molar-refractivity contribution in [1.29, 1.82) is 0 Å². The van der Waals surface area contributed by atoms with Crippen molar-refractivity contribution in [2.45, 2.75) is 26.2 Å². The highest BCUT2D eigenvalue weighted by atomic mass is 16.5. The zero-order valence-electron chi connectivity index (χ0n) is 11.1. The van der Waals surface area contributed by atoms with E-state index in [1.807, 2.05) is 38.1 Å². The maximum atomic E-state index is 11.9. The summed E-state index contributed by atoms with van der Waals surface area (Å²) in [5, 5.41) is 2.90. The minimum Gasteiger partial charge on any atom is -0.399 e. The van der Waals surface area contributed by atoms with Crippen LogP contribution < -0.4 is 11.1 Å². The van der Waals surface area contributed by atoms with E-state index in [0.29, 0.717) is 25.4 Å². The van der Waals surface area contributed by atoms with Crippen molar-refractivity contribution < 1.29 is 9.53 Å². The Labute approximate surface area is 109 Å². The molecule has 1 aromatic rings. The van der Waals surface area contributed by atoms with Gasteiger partial charge in [0.2, 0.25) is 5.91 Å². The summed E-state index contributed by atoms with van der Waals surface area (Å²) in [5.74, 6) is -0.155. The van der Waals surface area contributed by atoms with Crippen molar-refractivity contribution in [2.24, 2.45) is 0 Å². The van der Waals surface area contributed by atoms with Gasteiger partial charge in [-0.3, -0.25) is 4.79 Å². The second-order valence-corrected chi connectivity index (χ2v) is 4.23. The van der Waals surface area contributed by atoms with Crippen LogP contribution in [0.5, 0.6) is 0 Å². The minimum atomic E-state index is -0.180. The fourth-order valence-electron chi connectivity index (χ4n) is 1.66.